The molecule has 0 atom stereocenters. The molecule has 0 aliphatic carbocycles. The molecule has 0 bridgehead atoms. The molecule has 0 aliphatic heterocycles. The Bertz CT molecular complexity index is 818. The first-order valence-electron chi connectivity index (χ1n) is 10.1. The molecule has 0 amide bonds. The molecule has 2 rings (SSSR count). The van der Waals surface area contributed by atoms with E-state index in [0.29, 0.717) is 19.3 Å². The molecule has 0 aromatic heterocycles. The van der Waals surface area contributed by atoms with Gasteiger partial charge in [0, 0.05) is 6.08 Å². The summed E-state index contributed by atoms with van der Waals surface area (Å²) in [5, 5.41) is 0. The van der Waals surface area contributed by atoms with Gasteiger partial charge in [-0.05, 0) is 53.9 Å². The highest BCUT2D eigenvalue weighted by molar-refractivity contribution is 7.64. The maximum absolute atomic E-state index is 11.8. The summed E-state index contributed by atoms with van der Waals surface area (Å²) in [4.78, 5) is 11.8. The van der Waals surface area contributed by atoms with Crippen molar-refractivity contribution in [3.05, 3.63) is 65.7 Å². The Morgan fingerprint density at radius 1 is 0.903 bits per heavy atom. The lowest BCUT2D eigenvalue weighted by molar-refractivity contribution is -0.137. The zero-order valence-electron chi connectivity index (χ0n) is 17.5. The lowest BCUT2D eigenvalue weighted by Crippen LogP contribution is -2.07. The zero-order valence-corrected chi connectivity index (χ0v) is 20.8. The van der Waals surface area contributed by atoms with E-state index in [2.05, 4.69) is 0 Å². The van der Waals surface area contributed by atoms with Crippen LogP contribution in [0.25, 0.3) is 6.08 Å². The van der Waals surface area contributed by atoms with Crippen molar-refractivity contribution in [3.8, 4) is 11.5 Å². The van der Waals surface area contributed by atoms with E-state index in [1.807, 2.05) is 48.5 Å². The van der Waals surface area contributed by atoms with E-state index in [1.54, 1.807) is 13.2 Å². The van der Waals surface area contributed by atoms with Gasteiger partial charge in [-0.2, -0.15) is 0 Å². The van der Waals surface area contributed by atoms with Crippen molar-refractivity contribution in [2.75, 3.05) is 13.7 Å². The number of hydrogen-bond donors (Lipinski definition) is 0. The van der Waals surface area contributed by atoms with Crippen LogP contribution in [0, 0.1) is 0 Å². The molecule has 0 aliphatic rings. The molecule has 0 spiro atoms. The van der Waals surface area contributed by atoms with Gasteiger partial charge in [-0.25, -0.2) is 4.79 Å². The normalized spacial score (nSPS) is 11.5. The fourth-order valence-corrected chi connectivity index (χ4v) is 4.58. The number of rotatable bonds is 13. The van der Waals surface area contributed by atoms with Crippen LogP contribution in [0.5, 0.6) is 11.5 Å². The number of unbranched alkanes of at least 4 members (excludes halogenated alkanes) is 3. The average molecular weight is 502 g/mol. The van der Waals surface area contributed by atoms with Crippen LogP contribution in [0.2, 0.25) is 6.04 Å². The SMILES string of the molecule is COc1ccc(COc2ccc(/C=C/C(=O)OCCCCCC[Si](Cl)(Cl)Cl)cc2)cc1. The fraction of sp³-hybridized carbons (Fsp3) is 0.348. The van der Waals surface area contributed by atoms with Crippen molar-refractivity contribution in [1.29, 1.82) is 0 Å². The molecule has 0 radical (unpaired) electrons. The van der Waals surface area contributed by atoms with Crippen molar-refractivity contribution in [3.63, 3.8) is 0 Å². The lowest BCUT2D eigenvalue weighted by atomic mass is 10.2. The van der Waals surface area contributed by atoms with Gasteiger partial charge >= 0.3 is 12.0 Å². The van der Waals surface area contributed by atoms with Crippen LogP contribution < -0.4 is 9.47 Å². The highest BCUT2D eigenvalue weighted by Gasteiger charge is 2.23. The molecule has 0 heterocycles. The molecule has 0 N–H and O–H groups in total. The van der Waals surface area contributed by atoms with Crippen molar-refractivity contribution in [2.24, 2.45) is 0 Å². The zero-order chi connectivity index (χ0) is 22.5. The second kappa shape index (κ2) is 13.7. The highest BCUT2D eigenvalue weighted by atomic mass is 35.8. The van der Waals surface area contributed by atoms with Gasteiger partial charge in [-0.3, -0.25) is 0 Å². The summed E-state index contributed by atoms with van der Waals surface area (Å²) < 4.78 is 16.1. The van der Waals surface area contributed by atoms with Gasteiger partial charge in [0.2, 0.25) is 0 Å². The first kappa shape index (κ1) is 25.6. The molecule has 168 valence electrons. The third-order valence-corrected chi connectivity index (χ3v) is 7.08. The number of halogens is 3. The molecule has 8 heteroatoms. The number of benzene rings is 2. The first-order chi connectivity index (χ1) is 14.9. The van der Waals surface area contributed by atoms with E-state index < -0.39 is 6.00 Å². The molecule has 2 aromatic rings. The number of esters is 1. The standard InChI is InChI=1S/C23H27Cl3O4Si/c1-28-21-11-8-20(9-12-21)18-30-22-13-6-19(7-14-22)10-15-23(27)29-16-4-2-3-5-17-31(24,25)26/h6-15H,2-5,16-18H2,1H3/b15-10+. The Morgan fingerprint density at radius 2 is 1.55 bits per heavy atom. The minimum absolute atomic E-state index is 0.353. The maximum atomic E-state index is 11.8. The lowest BCUT2D eigenvalue weighted by Gasteiger charge is -2.07. The third kappa shape index (κ3) is 11.5. The second-order valence-electron chi connectivity index (χ2n) is 6.99. The predicted octanol–water partition coefficient (Wildman–Crippen LogP) is 7.05. The quantitative estimate of drug-likeness (QED) is 0.0970. The topological polar surface area (TPSA) is 44.8 Å². The summed E-state index contributed by atoms with van der Waals surface area (Å²) in [6.45, 7) is 0.866. The Kier molecular flexibility index (Phi) is 11.3. The largest absolute Gasteiger partial charge is 0.497 e. The third-order valence-electron chi connectivity index (χ3n) is 4.46. The van der Waals surface area contributed by atoms with Gasteiger partial charge < -0.3 is 14.2 Å². The van der Waals surface area contributed by atoms with Crippen LogP contribution in [-0.2, 0) is 16.1 Å². The Balaban J connectivity index is 1.64. The van der Waals surface area contributed by atoms with Gasteiger partial charge in [-0.1, -0.05) is 43.5 Å². The van der Waals surface area contributed by atoms with Crippen molar-refractivity contribution in [2.45, 2.75) is 38.3 Å². The van der Waals surface area contributed by atoms with E-state index in [-0.39, 0.29) is 5.97 Å². The average Bonchev–Trinajstić information content (AvgIpc) is 2.76. The highest BCUT2D eigenvalue weighted by Crippen LogP contribution is 2.27. The van der Waals surface area contributed by atoms with Crippen LogP contribution >= 0.6 is 33.2 Å². The molecule has 0 fully saturated rings. The van der Waals surface area contributed by atoms with E-state index >= 15 is 0 Å². The van der Waals surface area contributed by atoms with Crippen LogP contribution in [0.15, 0.2) is 54.6 Å². The van der Waals surface area contributed by atoms with E-state index in [0.717, 1.165) is 48.3 Å². The van der Waals surface area contributed by atoms with Gasteiger partial charge in [0.05, 0.1) is 13.7 Å². The van der Waals surface area contributed by atoms with Crippen LogP contribution in [0.3, 0.4) is 0 Å². The summed E-state index contributed by atoms with van der Waals surface area (Å²) in [5.41, 5.74) is 1.95. The van der Waals surface area contributed by atoms with E-state index in [9.17, 15) is 4.79 Å². The molecule has 31 heavy (non-hydrogen) atoms. The van der Waals surface area contributed by atoms with Crippen LogP contribution in [-0.4, -0.2) is 25.7 Å². The monoisotopic (exact) mass is 500 g/mol. The van der Waals surface area contributed by atoms with Crippen molar-refractivity contribution >= 4 is 51.3 Å². The minimum Gasteiger partial charge on any atom is -0.497 e. The maximum Gasteiger partial charge on any atom is 0.341 e. The molecular weight excluding hydrogens is 475 g/mol. The van der Waals surface area contributed by atoms with Crippen LogP contribution in [0.1, 0.15) is 36.8 Å². The minimum atomic E-state index is -2.50. The smallest absolute Gasteiger partial charge is 0.341 e. The van der Waals surface area contributed by atoms with Crippen molar-refractivity contribution < 1.29 is 19.0 Å². The summed E-state index contributed by atoms with van der Waals surface area (Å²) in [7, 11) is 1.64. The van der Waals surface area contributed by atoms with E-state index in [1.165, 1.54) is 6.08 Å². The fourth-order valence-electron chi connectivity index (χ4n) is 2.73. The van der Waals surface area contributed by atoms with Gasteiger partial charge in [0.25, 0.3) is 0 Å². The Morgan fingerprint density at radius 3 is 2.19 bits per heavy atom. The second-order valence-corrected chi connectivity index (χ2v) is 16.3. The van der Waals surface area contributed by atoms with Gasteiger partial charge in [0.15, 0.2) is 0 Å². The number of ether oxygens (including phenoxy) is 3. The van der Waals surface area contributed by atoms with Crippen LogP contribution in [0.4, 0.5) is 0 Å². The molecule has 2 aromatic carbocycles. The molecule has 0 saturated heterocycles. The Hall–Kier alpha value is -1.66. The van der Waals surface area contributed by atoms with Crippen molar-refractivity contribution in [1.82, 2.24) is 0 Å². The molecular formula is C23H27Cl3O4Si. The summed E-state index contributed by atoms with van der Waals surface area (Å²) >= 11 is 17.5. The number of hydrogen-bond acceptors (Lipinski definition) is 4. The summed E-state index contributed by atoms with van der Waals surface area (Å²) in [5.74, 6) is 1.22. The van der Waals surface area contributed by atoms with Gasteiger partial charge in [0.1, 0.15) is 18.1 Å². The number of methoxy groups -OCH3 is 1. The summed E-state index contributed by atoms with van der Waals surface area (Å²) in [6.07, 6.45) is 6.78. The number of carbonyl (C=O) groups excluding carboxylic acids is 1. The number of carbonyl (C=O) groups is 1. The predicted molar refractivity (Wildman–Crippen MR) is 130 cm³/mol. The van der Waals surface area contributed by atoms with E-state index in [4.69, 9.17) is 47.4 Å². The summed E-state index contributed by atoms with van der Waals surface area (Å²) in [6, 6.07) is 13.4. The molecule has 0 saturated carbocycles. The van der Waals surface area contributed by atoms with Gasteiger partial charge in [-0.15, -0.1) is 33.2 Å². The molecule has 4 nitrogen and oxygen atoms in total. The first-order valence-corrected chi connectivity index (χ1v) is 15.4. The molecule has 0 unspecified atom stereocenters. The Labute approximate surface area is 199 Å².